The summed E-state index contributed by atoms with van der Waals surface area (Å²) in [6.45, 7) is 3.79. The average molecular weight is 370 g/mol. The molecule has 1 unspecified atom stereocenters. The first-order chi connectivity index (χ1) is 9.71. The second-order valence-corrected chi connectivity index (χ2v) is 5.10. The summed E-state index contributed by atoms with van der Waals surface area (Å²) in [5.74, 6) is -0.667. The van der Waals surface area contributed by atoms with Crippen LogP contribution in [0.5, 0.6) is 5.75 Å². The van der Waals surface area contributed by atoms with Gasteiger partial charge in [-0.2, -0.15) is 0 Å². The molecule has 0 bridgehead atoms. The molecule has 0 aliphatic rings. The van der Waals surface area contributed by atoms with Crippen molar-refractivity contribution in [2.75, 3.05) is 11.9 Å². The van der Waals surface area contributed by atoms with Crippen molar-refractivity contribution >= 4 is 27.6 Å². The topological polar surface area (TPSA) is 47.6 Å². The summed E-state index contributed by atoms with van der Waals surface area (Å²) < 4.78 is 45.2. The van der Waals surface area contributed by atoms with Crippen molar-refractivity contribution in [1.29, 1.82) is 0 Å². The molecule has 0 radical (unpaired) electrons. The number of hydrogen-bond acceptors (Lipinski definition) is 4. The highest BCUT2D eigenvalue weighted by Gasteiger charge is 2.31. The minimum absolute atomic E-state index is 0.159. The number of benzene rings is 1. The van der Waals surface area contributed by atoms with Gasteiger partial charge in [0.2, 0.25) is 0 Å². The normalized spacial score (nSPS) is 12.7. The van der Waals surface area contributed by atoms with E-state index in [2.05, 4.69) is 26.0 Å². The van der Waals surface area contributed by atoms with Crippen LogP contribution in [-0.4, -0.2) is 25.0 Å². The van der Waals surface area contributed by atoms with E-state index in [1.165, 1.54) is 18.2 Å². The molecule has 1 aromatic rings. The van der Waals surface area contributed by atoms with E-state index in [4.69, 9.17) is 4.74 Å². The van der Waals surface area contributed by atoms with Gasteiger partial charge in [-0.05, 0) is 48.0 Å². The standard InChI is InChI=1S/C13H15BrF3NO3/c1-3-20-12(19)6-8(2)18-9-4-5-11(10(14)7-9)21-13(15,16)17/h4-5,7-8,18H,3,6H2,1-2H3. The van der Waals surface area contributed by atoms with Gasteiger partial charge < -0.3 is 14.8 Å². The van der Waals surface area contributed by atoms with Crippen LogP contribution in [0, 0.1) is 0 Å². The van der Waals surface area contributed by atoms with E-state index in [0.29, 0.717) is 12.3 Å². The summed E-state index contributed by atoms with van der Waals surface area (Å²) >= 11 is 3.01. The van der Waals surface area contributed by atoms with Gasteiger partial charge in [-0.1, -0.05) is 0 Å². The molecule has 0 aliphatic carbocycles. The zero-order chi connectivity index (χ0) is 16.0. The van der Waals surface area contributed by atoms with Crippen molar-refractivity contribution in [2.45, 2.75) is 32.7 Å². The van der Waals surface area contributed by atoms with Crippen LogP contribution in [0.2, 0.25) is 0 Å². The molecule has 1 aromatic carbocycles. The van der Waals surface area contributed by atoms with Crippen LogP contribution in [-0.2, 0) is 9.53 Å². The van der Waals surface area contributed by atoms with E-state index in [0.717, 1.165) is 0 Å². The lowest BCUT2D eigenvalue weighted by Gasteiger charge is -2.16. The second-order valence-electron chi connectivity index (χ2n) is 4.25. The van der Waals surface area contributed by atoms with Gasteiger partial charge in [0.25, 0.3) is 0 Å². The van der Waals surface area contributed by atoms with E-state index in [9.17, 15) is 18.0 Å². The van der Waals surface area contributed by atoms with E-state index in [1.807, 2.05) is 0 Å². The van der Waals surface area contributed by atoms with Crippen molar-refractivity contribution in [3.05, 3.63) is 22.7 Å². The maximum atomic E-state index is 12.1. The Morgan fingerprint density at radius 2 is 2.10 bits per heavy atom. The molecular formula is C13H15BrF3NO3. The maximum Gasteiger partial charge on any atom is 0.573 e. The van der Waals surface area contributed by atoms with Crippen LogP contribution >= 0.6 is 15.9 Å². The van der Waals surface area contributed by atoms with Crippen LogP contribution in [0.1, 0.15) is 20.3 Å². The van der Waals surface area contributed by atoms with Crippen LogP contribution < -0.4 is 10.1 Å². The number of ether oxygens (including phenoxy) is 2. The highest BCUT2D eigenvalue weighted by molar-refractivity contribution is 9.10. The number of alkyl halides is 3. The highest BCUT2D eigenvalue weighted by atomic mass is 79.9. The largest absolute Gasteiger partial charge is 0.573 e. The SMILES string of the molecule is CCOC(=O)CC(C)Nc1ccc(OC(F)(F)F)c(Br)c1. The summed E-state index contributed by atoms with van der Waals surface area (Å²) in [6, 6.07) is 3.86. The van der Waals surface area contributed by atoms with Gasteiger partial charge >= 0.3 is 12.3 Å². The first-order valence-corrected chi connectivity index (χ1v) is 6.98. The van der Waals surface area contributed by atoms with Crippen molar-refractivity contribution in [2.24, 2.45) is 0 Å². The van der Waals surface area contributed by atoms with Crippen LogP contribution in [0.15, 0.2) is 22.7 Å². The Bertz CT molecular complexity index is 494. The minimum atomic E-state index is -4.74. The number of carbonyl (C=O) groups is 1. The number of hydrogen-bond donors (Lipinski definition) is 1. The zero-order valence-corrected chi connectivity index (χ0v) is 13.0. The number of esters is 1. The summed E-state index contributed by atoms with van der Waals surface area (Å²) in [5, 5.41) is 2.99. The monoisotopic (exact) mass is 369 g/mol. The molecule has 118 valence electrons. The number of halogens is 4. The molecule has 0 saturated heterocycles. The molecule has 0 amide bonds. The number of nitrogens with one attached hydrogen (secondary N) is 1. The fraction of sp³-hybridized carbons (Fsp3) is 0.462. The van der Waals surface area contributed by atoms with Gasteiger partial charge in [0.1, 0.15) is 5.75 Å². The molecule has 21 heavy (non-hydrogen) atoms. The molecule has 0 fully saturated rings. The molecule has 4 nitrogen and oxygen atoms in total. The van der Waals surface area contributed by atoms with Crippen molar-refractivity contribution in [1.82, 2.24) is 0 Å². The van der Waals surface area contributed by atoms with Crippen molar-refractivity contribution < 1.29 is 27.4 Å². The molecule has 0 aromatic heterocycles. The summed E-state index contributed by atoms with van der Waals surface area (Å²) in [4.78, 5) is 11.3. The fourth-order valence-corrected chi connectivity index (χ4v) is 2.06. The number of anilines is 1. The Labute approximate surface area is 128 Å². The first-order valence-electron chi connectivity index (χ1n) is 6.18. The lowest BCUT2D eigenvalue weighted by Crippen LogP contribution is -2.21. The third kappa shape index (κ3) is 6.70. The molecule has 8 heteroatoms. The Morgan fingerprint density at radius 3 is 2.62 bits per heavy atom. The third-order valence-electron chi connectivity index (χ3n) is 2.35. The predicted molar refractivity (Wildman–Crippen MR) is 75.2 cm³/mol. The van der Waals surface area contributed by atoms with E-state index in [1.54, 1.807) is 13.8 Å². The minimum Gasteiger partial charge on any atom is -0.466 e. The Kier molecular flexibility index (Phi) is 6.32. The van der Waals surface area contributed by atoms with E-state index in [-0.39, 0.29) is 28.7 Å². The van der Waals surface area contributed by atoms with E-state index >= 15 is 0 Å². The molecule has 0 heterocycles. The lowest BCUT2D eigenvalue weighted by atomic mass is 10.2. The molecule has 1 rings (SSSR count). The average Bonchev–Trinajstić information content (AvgIpc) is 2.31. The molecule has 1 N–H and O–H groups in total. The highest BCUT2D eigenvalue weighted by Crippen LogP contribution is 2.32. The quantitative estimate of drug-likeness (QED) is 0.766. The molecular weight excluding hydrogens is 355 g/mol. The molecule has 1 atom stereocenters. The fourth-order valence-electron chi connectivity index (χ4n) is 1.60. The van der Waals surface area contributed by atoms with Crippen LogP contribution in [0.4, 0.5) is 18.9 Å². The molecule has 0 spiro atoms. The predicted octanol–water partition coefficient (Wildman–Crippen LogP) is 4.10. The third-order valence-corrected chi connectivity index (χ3v) is 2.97. The van der Waals surface area contributed by atoms with Crippen LogP contribution in [0.25, 0.3) is 0 Å². The maximum absolute atomic E-state index is 12.1. The van der Waals surface area contributed by atoms with Gasteiger partial charge in [-0.15, -0.1) is 13.2 Å². The van der Waals surface area contributed by atoms with Gasteiger partial charge in [0.05, 0.1) is 17.5 Å². The smallest absolute Gasteiger partial charge is 0.466 e. The van der Waals surface area contributed by atoms with Gasteiger partial charge in [0.15, 0.2) is 0 Å². The van der Waals surface area contributed by atoms with Crippen LogP contribution in [0.3, 0.4) is 0 Å². The summed E-state index contributed by atoms with van der Waals surface area (Å²) in [7, 11) is 0. The molecule has 0 aliphatic heterocycles. The van der Waals surface area contributed by atoms with Gasteiger partial charge in [-0.25, -0.2) is 0 Å². The Hall–Kier alpha value is -1.44. The van der Waals surface area contributed by atoms with Crippen molar-refractivity contribution in [3.63, 3.8) is 0 Å². The lowest BCUT2D eigenvalue weighted by molar-refractivity contribution is -0.274. The summed E-state index contributed by atoms with van der Waals surface area (Å²) in [5.41, 5.74) is 0.563. The summed E-state index contributed by atoms with van der Waals surface area (Å²) in [6.07, 6.45) is -4.58. The second kappa shape index (κ2) is 7.53. The Balaban J connectivity index is 2.65. The Morgan fingerprint density at radius 1 is 1.43 bits per heavy atom. The molecule has 0 saturated carbocycles. The number of carbonyl (C=O) groups excluding carboxylic acids is 1. The van der Waals surface area contributed by atoms with Crippen molar-refractivity contribution in [3.8, 4) is 5.75 Å². The van der Waals surface area contributed by atoms with Gasteiger partial charge in [0, 0.05) is 11.7 Å². The number of rotatable bonds is 6. The van der Waals surface area contributed by atoms with E-state index < -0.39 is 6.36 Å². The first kappa shape index (κ1) is 17.6. The zero-order valence-electron chi connectivity index (χ0n) is 11.5. The van der Waals surface area contributed by atoms with Gasteiger partial charge in [-0.3, -0.25) is 4.79 Å².